The van der Waals surface area contributed by atoms with Crippen molar-refractivity contribution in [1.29, 1.82) is 0 Å². The minimum Gasteiger partial charge on any atom is -0.478 e. The van der Waals surface area contributed by atoms with E-state index in [2.05, 4.69) is 22.9 Å². The second kappa shape index (κ2) is 10.6. The molecule has 0 aromatic heterocycles. The van der Waals surface area contributed by atoms with Gasteiger partial charge in [0.2, 0.25) is 0 Å². The third-order valence-corrected chi connectivity index (χ3v) is 4.78. The molecule has 1 aliphatic rings. The van der Waals surface area contributed by atoms with Gasteiger partial charge in [-0.2, -0.15) is 0 Å². The lowest BCUT2D eigenvalue weighted by Crippen LogP contribution is -2.44. The number of carbonyl (C=O) groups is 2. The standard InChI is InChI=1S/C23H24N2O3.ClH/c1-24-13-15-25(16-14-24)21-4-2-3-20(17-21)22(26)11-9-18-5-7-19(8-6-18)10-12-23(27)28;/h2-12,17H,13-16H2,1H3,(H,27,28);1H/b11-9+,12-10+;. The van der Waals surface area contributed by atoms with Gasteiger partial charge in [-0.3, -0.25) is 4.79 Å². The van der Waals surface area contributed by atoms with Crippen molar-refractivity contribution in [2.24, 2.45) is 0 Å². The Kier molecular flexibility index (Phi) is 8.19. The molecule has 6 heteroatoms. The van der Waals surface area contributed by atoms with Gasteiger partial charge in [-0.25, -0.2) is 4.79 Å². The average molecular weight is 413 g/mol. The quantitative estimate of drug-likeness (QED) is 0.576. The van der Waals surface area contributed by atoms with Crippen LogP contribution in [0.3, 0.4) is 0 Å². The molecule has 0 aliphatic carbocycles. The highest BCUT2D eigenvalue weighted by Gasteiger charge is 2.15. The second-order valence-electron chi connectivity index (χ2n) is 6.88. The fourth-order valence-electron chi connectivity index (χ4n) is 3.07. The van der Waals surface area contributed by atoms with E-state index in [1.54, 1.807) is 12.2 Å². The Bertz CT molecular complexity index is 899. The highest BCUT2D eigenvalue weighted by Crippen LogP contribution is 2.19. The number of carbonyl (C=O) groups excluding carboxylic acids is 1. The van der Waals surface area contributed by atoms with Crippen molar-refractivity contribution in [2.75, 3.05) is 38.1 Å². The first kappa shape index (κ1) is 22.4. The van der Waals surface area contributed by atoms with Crippen molar-refractivity contribution >= 4 is 42.0 Å². The summed E-state index contributed by atoms with van der Waals surface area (Å²) in [5.41, 5.74) is 3.44. The average Bonchev–Trinajstić information content (AvgIpc) is 2.72. The molecule has 0 saturated carbocycles. The van der Waals surface area contributed by atoms with E-state index in [0.717, 1.165) is 49.1 Å². The molecule has 1 saturated heterocycles. The Morgan fingerprint density at radius 1 is 0.897 bits per heavy atom. The predicted molar refractivity (Wildman–Crippen MR) is 120 cm³/mol. The summed E-state index contributed by atoms with van der Waals surface area (Å²) >= 11 is 0. The highest BCUT2D eigenvalue weighted by atomic mass is 35.5. The molecule has 2 aromatic carbocycles. The first-order valence-electron chi connectivity index (χ1n) is 9.28. The van der Waals surface area contributed by atoms with Crippen LogP contribution >= 0.6 is 12.4 Å². The van der Waals surface area contributed by atoms with Gasteiger partial charge in [-0.15, -0.1) is 12.4 Å². The molecule has 0 atom stereocenters. The fourth-order valence-corrected chi connectivity index (χ4v) is 3.07. The van der Waals surface area contributed by atoms with Crippen LogP contribution in [-0.2, 0) is 4.79 Å². The van der Waals surface area contributed by atoms with Crippen molar-refractivity contribution in [2.45, 2.75) is 0 Å². The van der Waals surface area contributed by atoms with Gasteiger partial charge in [0.25, 0.3) is 0 Å². The van der Waals surface area contributed by atoms with Crippen LogP contribution in [0.25, 0.3) is 12.2 Å². The Labute approximate surface area is 177 Å². The van der Waals surface area contributed by atoms with E-state index >= 15 is 0 Å². The molecule has 1 fully saturated rings. The van der Waals surface area contributed by atoms with E-state index in [0.29, 0.717) is 5.56 Å². The normalized spacial score (nSPS) is 14.9. The fraction of sp³-hybridized carbons (Fsp3) is 0.217. The van der Waals surface area contributed by atoms with E-state index in [4.69, 9.17) is 5.11 Å². The number of aliphatic carboxylic acids is 1. The number of nitrogens with zero attached hydrogens (tertiary/aromatic N) is 2. The number of carboxylic acids is 1. The zero-order valence-corrected chi connectivity index (χ0v) is 17.1. The van der Waals surface area contributed by atoms with Crippen LogP contribution in [0, 0.1) is 0 Å². The molecule has 5 nitrogen and oxygen atoms in total. The number of piperazine rings is 1. The van der Waals surface area contributed by atoms with Gasteiger partial charge in [0, 0.05) is 43.5 Å². The van der Waals surface area contributed by atoms with Crippen LogP contribution in [0.1, 0.15) is 21.5 Å². The highest BCUT2D eigenvalue weighted by molar-refractivity contribution is 6.07. The molecule has 0 amide bonds. The number of carboxylic acid groups (broad SMARTS) is 1. The molecule has 2 aromatic rings. The summed E-state index contributed by atoms with van der Waals surface area (Å²) in [5.74, 6) is -1.01. The van der Waals surface area contributed by atoms with Gasteiger partial charge >= 0.3 is 5.97 Å². The van der Waals surface area contributed by atoms with Crippen LogP contribution in [0.5, 0.6) is 0 Å². The third kappa shape index (κ3) is 6.59. The van der Waals surface area contributed by atoms with Crippen molar-refractivity contribution in [3.63, 3.8) is 0 Å². The lowest BCUT2D eigenvalue weighted by Gasteiger charge is -2.34. The molecular weight excluding hydrogens is 388 g/mol. The zero-order chi connectivity index (χ0) is 19.9. The first-order valence-corrected chi connectivity index (χ1v) is 9.28. The summed E-state index contributed by atoms with van der Waals surface area (Å²) < 4.78 is 0. The van der Waals surface area contributed by atoms with Crippen LogP contribution in [0.15, 0.2) is 60.7 Å². The summed E-state index contributed by atoms with van der Waals surface area (Å²) in [7, 11) is 2.12. The zero-order valence-electron chi connectivity index (χ0n) is 16.3. The first-order chi connectivity index (χ1) is 13.5. The number of hydrogen-bond donors (Lipinski definition) is 1. The van der Waals surface area contributed by atoms with Gasteiger partial charge in [-0.1, -0.05) is 42.5 Å². The molecule has 1 N–H and O–H groups in total. The summed E-state index contributed by atoms with van der Waals surface area (Å²) in [5, 5.41) is 8.66. The van der Waals surface area contributed by atoms with Crippen molar-refractivity contribution < 1.29 is 14.7 Å². The van der Waals surface area contributed by atoms with E-state index in [1.807, 2.05) is 42.5 Å². The van der Waals surface area contributed by atoms with E-state index < -0.39 is 5.97 Å². The number of benzene rings is 2. The molecule has 0 spiro atoms. The number of rotatable bonds is 6. The molecule has 0 bridgehead atoms. The van der Waals surface area contributed by atoms with Crippen LogP contribution < -0.4 is 4.90 Å². The molecule has 0 unspecified atom stereocenters. The Morgan fingerprint density at radius 3 is 2.07 bits per heavy atom. The topological polar surface area (TPSA) is 60.9 Å². The Hall–Kier alpha value is -2.89. The van der Waals surface area contributed by atoms with Crippen LogP contribution in [-0.4, -0.2) is 55.0 Å². The van der Waals surface area contributed by atoms with Crippen molar-refractivity contribution in [1.82, 2.24) is 4.90 Å². The number of hydrogen-bond acceptors (Lipinski definition) is 4. The molecule has 3 rings (SSSR count). The van der Waals surface area contributed by atoms with Crippen molar-refractivity contribution in [3.05, 3.63) is 77.4 Å². The molecule has 0 radical (unpaired) electrons. The number of ketones is 1. The smallest absolute Gasteiger partial charge is 0.328 e. The third-order valence-electron chi connectivity index (χ3n) is 4.78. The van der Waals surface area contributed by atoms with Gasteiger partial charge in [-0.05, 0) is 42.5 Å². The van der Waals surface area contributed by atoms with Gasteiger partial charge < -0.3 is 14.9 Å². The Balaban J connectivity index is 0.00000300. The predicted octanol–water partition coefficient (Wildman–Crippen LogP) is 3.85. The molecule has 29 heavy (non-hydrogen) atoms. The maximum atomic E-state index is 12.6. The van der Waals surface area contributed by atoms with E-state index in [9.17, 15) is 9.59 Å². The van der Waals surface area contributed by atoms with Crippen molar-refractivity contribution in [3.8, 4) is 0 Å². The number of halogens is 1. The SMILES string of the molecule is CN1CCN(c2cccc(C(=O)/C=C/c3ccc(/C=C/C(=O)O)cc3)c2)CC1.Cl. The monoisotopic (exact) mass is 412 g/mol. The van der Waals surface area contributed by atoms with Crippen LogP contribution in [0.2, 0.25) is 0 Å². The number of allylic oxidation sites excluding steroid dienone is 1. The summed E-state index contributed by atoms with van der Waals surface area (Å²) in [6.45, 7) is 3.98. The largest absolute Gasteiger partial charge is 0.478 e. The van der Waals surface area contributed by atoms with Gasteiger partial charge in [0.1, 0.15) is 0 Å². The maximum absolute atomic E-state index is 12.6. The number of anilines is 1. The lowest BCUT2D eigenvalue weighted by atomic mass is 10.1. The molecule has 152 valence electrons. The number of likely N-dealkylation sites (N-methyl/N-ethyl adjacent to an activating group) is 1. The lowest BCUT2D eigenvalue weighted by molar-refractivity contribution is -0.131. The second-order valence-corrected chi connectivity index (χ2v) is 6.88. The minimum atomic E-state index is -0.978. The maximum Gasteiger partial charge on any atom is 0.328 e. The molecular formula is C23H25ClN2O3. The summed E-state index contributed by atoms with van der Waals surface area (Å²) in [6.07, 6.45) is 5.98. The van der Waals surface area contributed by atoms with Crippen LogP contribution in [0.4, 0.5) is 5.69 Å². The molecule has 1 aliphatic heterocycles. The van der Waals surface area contributed by atoms with E-state index in [-0.39, 0.29) is 18.2 Å². The molecule has 1 heterocycles. The minimum absolute atomic E-state index is 0. The van der Waals surface area contributed by atoms with Gasteiger partial charge in [0.05, 0.1) is 0 Å². The summed E-state index contributed by atoms with van der Waals surface area (Å²) in [6, 6.07) is 15.1. The summed E-state index contributed by atoms with van der Waals surface area (Å²) in [4.78, 5) is 27.7. The Morgan fingerprint density at radius 2 is 1.48 bits per heavy atom. The van der Waals surface area contributed by atoms with Gasteiger partial charge in [0.15, 0.2) is 5.78 Å². The van der Waals surface area contributed by atoms with E-state index in [1.165, 1.54) is 6.08 Å².